The lowest BCUT2D eigenvalue weighted by molar-refractivity contribution is -0.116. The largest absolute Gasteiger partial charge is 0.490 e. The van der Waals surface area contributed by atoms with E-state index in [9.17, 15) is 9.18 Å². The molecule has 1 aliphatic heterocycles. The van der Waals surface area contributed by atoms with Crippen LogP contribution < -0.4 is 20.1 Å². The Balaban J connectivity index is 1.75. The van der Waals surface area contributed by atoms with E-state index in [0.717, 1.165) is 5.56 Å². The minimum atomic E-state index is -0.472. The van der Waals surface area contributed by atoms with Crippen LogP contribution in [0.3, 0.4) is 0 Å². The standard InChI is InChI=1S/C20H18FN3O3S/c1-2-26-17-11-13(7-8-16(17)27-10-9-22)12-18-19(25)24-20(28-18)23-15-6-4-3-5-14(15)21/h3-8,11-12,20,23H,2,10H2,1H3,(H,24,25)/b18-12-. The Morgan fingerprint density at radius 1 is 1.29 bits per heavy atom. The third-order valence-corrected chi connectivity index (χ3v) is 4.78. The van der Waals surface area contributed by atoms with Gasteiger partial charge >= 0.3 is 0 Å². The fourth-order valence-corrected chi connectivity index (χ4v) is 3.52. The van der Waals surface area contributed by atoms with Gasteiger partial charge in [-0.3, -0.25) is 4.79 Å². The second kappa shape index (κ2) is 9.15. The van der Waals surface area contributed by atoms with Crippen molar-refractivity contribution >= 4 is 29.4 Å². The fourth-order valence-electron chi connectivity index (χ4n) is 2.55. The lowest BCUT2D eigenvalue weighted by Gasteiger charge is -2.13. The summed E-state index contributed by atoms with van der Waals surface area (Å²) in [5.41, 5.74) is 0.594. The van der Waals surface area contributed by atoms with Crippen molar-refractivity contribution in [3.8, 4) is 17.6 Å². The van der Waals surface area contributed by atoms with Crippen LogP contribution in [0.15, 0.2) is 47.4 Å². The minimum absolute atomic E-state index is 0.0812. The van der Waals surface area contributed by atoms with Gasteiger partial charge in [0.15, 0.2) is 23.6 Å². The van der Waals surface area contributed by atoms with Gasteiger partial charge in [-0.05, 0) is 42.8 Å². The van der Waals surface area contributed by atoms with Crippen LogP contribution in [0, 0.1) is 17.1 Å². The number of para-hydroxylation sites is 1. The van der Waals surface area contributed by atoms with Gasteiger partial charge in [0.2, 0.25) is 0 Å². The summed E-state index contributed by atoms with van der Waals surface area (Å²) in [6, 6.07) is 13.4. The van der Waals surface area contributed by atoms with E-state index in [0.29, 0.717) is 28.7 Å². The molecule has 8 heteroatoms. The number of amides is 1. The highest BCUT2D eigenvalue weighted by Gasteiger charge is 2.27. The monoisotopic (exact) mass is 399 g/mol. The first-order valence-corrected chi connectivity index (χ1v) is 9.45. The predicted octanol–water partition coefficient (Wildman–Crippen LogP) is 3.73. The van der Waals surface area contributed by atoms with Gasteiger partial charge in [0.1, 0.15) is 11.9 Å². The maximum atomic E-state index is 13.8. The zero-order chi connectivity index (χ0) is 19.9. The molecule has 1 aliphatic rings. The van der Waals surface area contributed by atoms with Crippen molar-refractivity contribution in [1.29, 1.82) is 5.26 Å². The van der Waals surface area contributed by atoms with E-state index < -0.39 is 5.50 Å². The highest BCUT2D eigenvalue weighted by atomic mass is 32.2. The van der Waals surface area contributed by atoms with Gasteiger partial charge in [-0.15, -0.1) is 0 Å². The van der Waals surface area contributed by atoms with Crippen molar-refractivity contribution in [3.05, 3.63) is 58.8 Å². The van der Waals surface area contributed by atoms with Crippen LogP contribution in [0.5, 0.6) is 11.5 Å². The van der Waals surface area contributed by atoms with Gasteiger partial charge in [0, 0.05) is 0 Å². The molecule has 144 valence electrons. The zero-order valence-corrected chi connectivity index (χ0v) is 15.9. The molecule has 0 bridgehead atoms. The van der Waals surface area contributed by atoms with Gasteiger partial charge in [0.05, 0.1) is 17.2 Å². The minimum Gasteiger partial charge on any atom is -0.490 e. The first-order valence-electron chi connectivity index (χ1n) is 8.57. The molecule has 1 atom stereocenters. The topological polar surface area (TPSA) is 83.4 Å². The Kier molecular flexibility index (Phi) is 6.40. The summed E-state index contributed by atoms with van der Waals surface area (Å²) in [6.07, 6.45) is 1.72. The number of nitrogens with one attached hydrogen (secondary N) is 2. The van der Waals surface area contributed by atoms with E-state index in [1.54, 1.807) is 42.5 Å². The Hall–Kier alpha value is -3.18. The molecule has 1 amide bonds. The number of halogens is 1. The molecule has 0 aromatic heterocycles. The lowest BCUT2D eigenvalue weighted by Crippen LogP contribution is -2.31. The van der Waals surface area contributed by atoms with Gasteiger partial charge < -0.3 is 20.1 Å². The van der Waals surface area contributed by atoms with E-state index in [-0.39, 0.29) is 18.3 Å². The summed E-state index contributed by atoms with van der Waals surface area (Å²) in [7, 11) is 0. The highest BCUT2D eigenvalue weighted by Crippen LogP contribution is 2.33. The number of thioether (sulfide) groups is 1. The van der Waals surface area contributed by atoms with E-state index in [1.807, 2.05) is 13.0 Å². The molecule has 3 rings (SSSR count). The molecule has 0 spiro atoms. The first kappa shape index (κ1) is 19.6. The van der Waals surface area contributed by atoms with Crippen molar-refractivity contribution in [2.75, 3.05) is 18.5 Å². The summed E-state index contributed by atoms with van der Waals surface area (Å²) in [4.78, 5) is 12.7. The summed E-state index contributed by atoms with van der Waals surface area (Å²) in [5, 5.41) is 14.4. The number of rotatable bonds is 7. The van der Waals surface area contributed by atoms with Crippen molar-refractivity contribution in [3.63, 3.8) is 0 Å². The Morgan fingerprint density at radius 2 is 2.11 bits per heavy atom. The summed E-state index contributed by atoms with van der Waals surface area (Å²) in [6.45, 7) is 2.20. The van der Waals surface area contributed by atoms with E-state index in [1.165, 1.54) is 17.8 Å². The number of benzene rings is 2. The van der Waals surface area contributed by atoms with Gasteiger partial charge in [-0.2, -0.15) is 5.26 Å². The Bertz CT molecular complexity index is 943. The number of ether oxygens (including phenoxy) is 2. The molecule has 28 heavy (non-hydrogen) atoms. The molecular formula is C20H18FN3O3S. The van der Waals surface area contributed by atoms with Crippen molar-refractivity contribution < 1.29 is 18.7 Å². The zero-order valence-electron chi connectivity index (χ0n) is 15.1. The number of hydrogen-bond donors (Lipinski definition) is 2. The highest BCUT2D eigenvalue weighted by molar-refractivity contribution is 8.05. The molecule has 2 aromatic rings. The summed E-state index contributed by atoms with van der Waals surface area (Å²) in [5.74, 6) is 0.329. The predicted molar refractivity (Wildman–Crippen MR) is 106 cm³/mol. The molecule has 1 fully saturated rings. The van der Waals surface area contributed by atoms with Crippen molar-refractivity contribution in [2.24, 2.45) is 0 Å². The average Bonchev–Trinajstić information content (AvgIpc) is 3.02. The second-order valence-electron chi connectivity index (χ2n) is 5.69. The number of carbonyl (C=O) groups excluding carboxylic acids is 1. The van der Waals surface area contributed by atoms with Crippen LogP contribution in [0.25, 0.3) is 6.08 Å². The number of anilines is 1. The molecule has 2 aromatic carbocycles. The quantitative estimate of drug-likeness (QED) is 0.691. The third-order valence-electron chi connectivity index (χ3n) is 3.75. The van der Waals surface area contributed by atoms with E-state index >= 15 is 0 Å². The van der Waals surface area contributed by atoms with E-state index in [2.05, 4.69) is 10.6 Å². The van der Waals surface area contributed by atoms with Crippen molar-refractivity contribution in [1.82, 2.24) is 5.32 Å². The maximum Gasteiger partial charge on any atom is 0.260 e. The summed E-state index contributed by atoms with van der Waals surface area (Å²) >= 11 is 1.26. The lowest BCUT2D eigenvalue weighted by atomic mass is 10.2. The van der Waals surface area contributed by atoms with Crippen LogP contribution in [0.4, 0.5) is 10.1 Å². The Morgan fingerprint density at radius 3 is 2.86 bits per heavy atom. The van der Waals surface area contributed by atoms with E-state index in [4.69, 9.17) is 14.7 Å². The third kappa shape index (κ3) is 4.75. The number of nitriles is 1. The fraction of sp³-hybridized carbons (Fsp3) is 0.200. The SMILES string of the molecule is CCOc1cc(/C=C2\SC(Nc3ccccc3F)NC2=O)ccc1OCC#N. The molecule has 0 radical (unpaired) electrons. The molecule has 1 saturated heterocycles. The van der Waals surface area contributed by atoms with Crippen LogP contribution in [-0.4, -0.2) is 24.6 Å². The van der Waals surface area contributed by atoms with Crippen molar-refractivity contribution in [2.45, 2.75) is 12.4 Å². The molecule has 1 unspecified atom stereocenters. The van der Waals surface area contributed by atoms with Crippen LogP contribution >= 0.6 is 11.8 Å². The normalized spacial score (nSPS) is 17.1. The van der Waals surface area contributed by atoms with Crippen LogP contribution in [0.2, 0.25) is 0 Å². The molecule has 0 saturated carbocycles. The summed E-state index contributed by atoms with van der Waals surface area (Å²) < 4.78 is 24.7. The molecule has 0 aliphatic carbocycles. The van der Waals surface area contributed by atoms with Gasteiger partial charge in [-0.25, -0.2) is 4.39 Å². The average molecular weight is 399 g/mol. The number of carbonyl (C=O) groups is 1. The molecular weight excluding hydrogens is 381 g/mol. The molecule has 2 N–H and O–H groups in total. The Labute approximate surface area is 166 Å². The number of hydrogen-bond acceptors (Lipinski definition) is 6. The number of nitrogens with zero attached hydrogens (tertiary/aromatic N) is 1. The second-order valence-corrected chi connectivity index (χ2v) is 6.84. The molecule has 1 heterocycles. The van der Waals surface area contributed by atoms with Gasteiger partial charge in [-0.1, -0.05) is 30.0 Å². The van der Waals surface area contributed by atoms with Crippen LogP contribution in [0.1, 0.15) is 12.5 Å². The smallest absolute Gasteiger partial charge is 0.260 e. The van der Waals surface area contributed by atoms with Gasteiger partial charge in [0.25, 0.3) is 5.91 Å². The van der Waals surface area contributed by atoms with Crippen LogP contribution in [-0.2, 0) is 4.79 Å². The molecule has 6 nitrogen and oxygen atoms in total. The maximum absolute atomic E-state index is 13.8. The first-order chi connectivity index (χ1) is 13.6.